The van der Waals surface area contributed by atoms with Crippen LogP contribution in [0.5, 0.6) is 0 Å². The molecule has 0 amide bonds. The minimum atomic E-state index is -0.451. The number of hydrogen-bond donors (Lipinski definition) is 2. The van der Waals surface area contributed by atoms with Crippen LogP contribution in [0.2, 0.25) is 0 Å². The Balaban J connectivity index is 0.00000300. The normalized spacial score (nSPS) is 14.3. The van der Waals surface area contributed by atoms with Gasteiger partial charge in [-0.05, 0) is 42.8 Å². The maximum Gasteiger partial charge on any atom is 0.191 e. The van der Waals surface area contributed by atoms with Gasteiger partial charge < -0.3 is 15.5 Å². The number of guanidine groups is 1. The Morgan fingerprint density at radius 1 is 1.07 bits per heavy atom. The number of nitrogens with zero attached hydrogens (tertiary/aromatic N) is 2. The molecule has 0 saturated carbocycles. The molecule has 0 unspecified atom stereocenters. The van der Waals surface area contributed by atoms with Crippen molar-refractivity contribution in [3.05, 3.63) is 65.2 Å². The van der Waals surface area contributed by atoms with E-state index in [1.54, 1.807) is 0 Å². The van der Waals surface area contributed by atoms with Crippen molar-refractivity contribution in [2.75, 3.05) is 36.0 Å². The minimum Gasteiger partial charge on any atom is -0.370 e. The molecular weight excluding hydrogens is 505 g/mol. The van der Waals surface area contributed by atoms with Crippen LogP contribution in [0, 0.1) is 11.6 Å². The van der Waals surface area contributed by atoms with Crippen LogP contribution in [-0.2, 0) is 13.1 Å². The number of thioether (sulfide) groups is 1. The third kappa shape index (κ3) is 7.33. The highest BCUT2D eigenvalue weighted by molar-refractivity contribution is 14.0. The third-order valence-corrected chi connectivity index (χ3v) is 5.47. The van der Waals surface area contributed by atoms with E-state index in [4.69, 9.17) is 0 Å². The summed E-state index contributed by atoms with van der Waals surface area (Å²) in [5.74, 6) is 2.04. The van der Waals surface area contributed by atoms with E-state index in [0.29, 0.717) is 19.0 Å². The molecule has 4 nitrogen and oxygen atoms in total. The van der Waals surface area contributed by atoms with E-state index in [2.05, 4.69) is 44.8 Å². The van der Waals surface area contributed by atoms with Gasteiger partial charge in [0.05, 0.1) is 6.54 Å². The average Bonchev–Trinajstić information content (AvgIpc) is 2.73. The molecule has 0 radical (unpaired) electrons. The monoisotopic (exact) mass is 532 g/mol. The van der Waals surface area contributed by atoms with Crippen molar-refractivity contribution >= 4 is 47.4 Å². The van der Waals surface area contributed by atoms with Crippen molar-refractivity contribution in [3.8, 4) is 0 Å². The second-order valence-corrected chi connectivity index (χ2v) is 7.78. The Kier molecular flexibility index (Phi) is 9.99. The van der Waals surface area contributed by atoms with Gasteiger partial charge in [0.15, 0.2) is 5.96 Å². The Labute approximate surface area is 192 Å². The van der Waals surface area contributed by atoms with Crippen LogP contribution in [0.15, 0.2) is 47.5 Å². The molecule has 1 aliphatic rings. The maximum atomic E-state index is 13.8. The van der Waals surface area contributed by atoms with Crippen LogP contribution in [-0.4, -0.2) is 37.1 Å². The molecule has 1 aliphatic heterocycles. The molecule has 1 fully saturated rings. The fraction of sp³-hybridized carbons (Fsp3) is 0.381. The molecule has 0 aromatic heterocycles. The predicted octanol–water partition coefficient (Wildman–Crippen LogP) is 4.39. The summed E-state index contributed by atoms with van der Waals surface area (Å²) < 4.78 is 27.1. The topological polar surface area (TPSA) is 39.7 Å². The summed E-state index contributed by atoms with van der Waals surface area (Å²) >= 11 is 2.00. The number of halogens is 3. The number of nitrogens with one attached hydrogen (secondary N) is 2. The van der Waals surface area contributed by atoms with Gasteiger partial charge in [0.1, 0.15) is 11.6 Å². The average molecular weight is 532 g/mol. The first-order valence-electron chi connectivity index (χ1n) is 9.53. The van der Waals surface area contributed by atoms with Crippen LogP contribution >= 0.6 is 35.7 Å². The second-order valence-electron chi connectivity index (χ2n) is 6.55. The SMILES string of the molecule is CCNC(=NCc1ccc(N2CCSCC2)cc1)NCc1cc(F)ccc1F.I. The first-order valence-corrected chi connectivity index (χ1v) is 10.7. The van der Waals surface area contributed by atoms with Gasteiger partial charge >= 0.3 is 0 Å². The Morgan fingerprint density at radius 3 is 2.48 bits per heavy atom. The van der Waals surface area contributed by atoms with E-state index in [-0.39, 0.29) is 36.1 Å². The van der Waals surface area contributed by atoms with Crippen molar-refractivity contribution in [3.63, 3.8) is 0 Å². The minimum absolute atomic E-state index is 0. The zero-order valence-corrected chi connectivity index (χ0v) is 19.6. The molecule has 2 aromatic carbocycles. The van der Waals surface area contributed by atoms with Gasteiger partial charge in [-0.1, -0.05) is 12.1 Å². The van der Waals surface area contributed by atoms with E-state index >= 15 is 0 Å². The van der Waals surface area contributed by atoms with Crippen LogP contribution in [0.4, 0.5) is 14.5 Å². The van der Waals surface area contributed by atoms with Gasteiger partial charge in [0, 0.05) is 48.9 Å². The summed E-state index contributed by atoms with van der Waals surface area (Å²) in [4.78, 5) is 6.96. The van der Waals surface area contributed by atoms with Crippen molar-refractivity contribution in [1.29, 1.82) is 0 Å². The van der Waals surface area contributed by atoms with Crippen LogP contribution in [0.25, 0.3) is 0 Å². The van der Waals surface area contributed by atoms with E-state index in [1.165, 1.54) is 23.3 Å². The first-order chi connectivity index (χ1) is 13.7. The van der Waals surface area contributed by atoms with E-state index in [9.17, 15) is 8.78 Å². The highest BCUT2D eigenvalue weighted by atomic mass is 127. The molecule has 1 saturated heterocycles. The zero-order valence-electron chi connectivity index (χ0n) is 16.5. The maximum absolute atomic E-state index is 13.8. The van der Waals surface area contributed by atoms with Gasteiger partial charge in [0.2, 0.25) is 0 Å². The van der Waals surface area contributed by atoms with Gasteiger partial charge in [-0.2, -0.15) is 11.8 Å². The Morgan fingerprint density at radius 2 is 1.79 bits per heavy atom. The van der Waals surface area contributed by atoms with Gasteiger partial charge in [-0.25, -0.2) is 13.8 Å². The highest BCUT2D eigenvalue weighted by Gasteiger charge is 2.10. The lowest BCUT2D eigenvalue weighted by atomic mass is 10.2. The molecular formula is C21H27F2IN4S. The predicted molar refractivity (Wildman–Crippen MR) is 129 cm³/mol. The molecule has 0 atom stereocenters. The molecule has 2 aromatic rings. The van der Waals surface area contributed by atoms with E-state index in [1.807, 2.05) is 18.7 Å². The molecule has 0 spiro atoms. The molecule has 1 heterocycles. The van der Waals surface area contributed by atoms with Crippen LogP contribution < -0.4 is 15.5 Å². The van der Waals surface area contributed by atoms with Crippen molar-refractivity contribution in [2.45, 2.75) is 20.0 Å². The quantitative estimate of drug-likeness (QED) is 0.329. The summed E-state index contributed by atoms with van der Waals surface area (Å²) in [7, 11) is 0. The highest BCUT2D eigenvalue weighted by Crippen LogP contribution is 2.20. The van der Waals surface area contributed by atoms with Gasteiger partial charge in [-0.3, -0.25) is 0 Å². The molecule has 2 N–H and O–H groups in total. The number of rotatable bonds is 6. The standard InChI is InChI=1S/C21H26F2N4S.HI/c1-2-24-21(26-15-17-13-18(22)5-8-20(17)23)25-14-16-3-6-19(7-4-16)27-9-11-28-12-10-27;/h3-8,13H,2,9-12,14-15H2,1H3,(H2,24,25,26);1H. The summed E-state index contributed by atoms with van der Waals surface area (Å²) in [5, 5.41) is 6.19. The number of benzene rings is 2. The lowest BCUT2D eigenvalue weighted by Crippen LogP contribution is -2.37. The summed E-state index contributed by atoms with van der Waals surface area (Å²) in [5.41, 5.74) is 2.62. The fourth-order valence-corrected chi connectivity index (χ4v) is 3.91. The molecule has 158 valence electrons. The van der Waals surface area contributed by atoms with Crippen molar-refractivity contribution in [1.82, 2.24) is 10.6 Å². The lowest BCUT2D eigenvalue weighted by Gasteiger charge is -2.28. The molecule has 8 heteroatoms. The van der Waals surface area contributed by atoms with Crippen LogP contribution in [0.3, 0.4) is 0 Å². The molecule has 29 heavy (non-hydrogen) atoms. The smallest absolute Gasteiger partial charge is 0.191 e. The molecule has 0 bridgehead atoms. The number of anilines is 1. The number of hydrogen-bond acceptors (Lipinski definition) is 3. The Hall–Kier alpha value is -1.55. The fourth-order valence-electron chi connectivity index (χ4n) is 3.00. The van der Waals surface area contributed by atoms with Crippen molar-refractivity contribution in [2.24, 2.45) is 4.99 Å². The van der Waals surface area contributed by atoms with Gasteiger partial charge in [0.25, 0.3) is 0 Å². The second kappa shape index (κ2) is 12.2. The summed E-state index contributed by atoms with van der Waals surface area (Å²) in [6.07, 6.45) is 0. The Bertz CT molecular complexity index is 796. The van der Waals surface area contributed by atoms with Crippen LogP contribution in [0.1, 0.15) is 18.1 Å². The summed E-state index contributed by atoms with van der Waals surface area (Å²) in [6.45, 7) is 5.51. The molecule has 0 aliphatic carbocycles. The third-order valence-electron chi connectivity index (χ3n) is 4.53. The molecule has 3 rings (SSSR count). The van der Waals surface area contributed by atoms with E-state index < -0.39 is 11.6 Å². The first kappa shape index (κ1) is 23.7. The van der Waals surface area contributed by atoms with Crippen molar-refractivity contribution < 1.29 is 8.78 Å². The lowest BCUT2D eigenvalue weighted by molar-refractivity contribution is 0.581. The summed E-state index contributed by atoms with van der Waals surface area (Å²) in [6, 6.07) is 11.9. The zero-order chi connectivity index (χ0) is 19.8. The largest absolute Gasteiger partial charge is 0.370 e. The number of aliphatic imine (C=N–C) groups is 1. The van der Waals surface area contributed by atoms with E-state index in [0.717, 1.165) is 30.8 Å². The van der Waals surface area contributed by atoms with Gasteiger partial charge in [-0.15, -0.1) is 24.0 Å².